The largest absolute Gasteiger partial charge is 0.128 e. The zero-order valence-corrected chi connectivity index (χ0v) is 8.30. The molecule has 0 aliphatic heterocycles. The van der Waals surface area contributed by atoms with Crippen LogP contribution in [-0.2, 0) is 0 Å². The van der Waals surface area contributed by atoms with Crippen molar-refractivity contribution in [3.8, 4) is 0 Å². The minimum absolute atomic E-state index is 1.11. The highest BCUT2D eigenvalue weighted by Gasteiger charge is 1.96. The first-order chi connectivity index (χ1) is 5.29. The average molecular weight is 184 g/mol. The van der Waals surface area contributed by atoms with Gasteiger partial charge in [0.05, 0.1) is 0 Å². The van der Waals surface area contributed by atoms with Gasteiger partial charge in [0.2, 0.25) is 0 Å². The van der Waals surface area contributed by atoms with E-state index in [4.69, 9.17) is 0 Å². The van der Waals surface area contributed by atoms with Gasteiger partial charge in [-0.2, -0.15) is 0 Å². The van der Waals surface area contributed by atoms with Crippen LogP contribution in [0.5, 0.6) is 0 Å². The normalized spacial score (nSPS) is 11.7. The summed E-state index contributed by atoms with van der Waals surface area (Å²) in [5.41, 5.74) is 0. The lowest BCUT2D eigenvalue weighted by Gasteiger charge is -2.01. The summed E-state index contributed by atoms with van der Waals surface area (Å²) >= 11 is 3.23. The Morgan fingerprint density at radius 2 is 1.64 bits per heavy atom. The highest BCUT2D eigenvalue weighted by molar-refractivity contribution is 8.08. The first kappa shape index (κ1) is 10.7. The second kappa shape index (κ2) is 6.38. The maximum absolute atomic E-state index is 3.71. The molecular weight excluding hydrogens is 172 g/mol. The lowest BCUT2D eigenvalue weighted by Crippen LogP contribution is -1.74. The van der Waals surface area contributed by atoms with Crippen LogP contribution in [0, 0.1) is 0 Å². The third kappa shape index (κ3) is 3.54. The van der Waals surface area contributed by atoms with Crippen LogP contribution in [-0.4, -0.2) is 6.26 Å². The molecule has 0 aromatic heterocycles. The smallest absolute Gasteiger partial charge is 0.0245 e. The average Bonchev–Trinajstić information content (AvgIpc) is 2.05. The van der Waals surface area contributed by atoms with Crippen molar-refractivity contribution < 1.29 is 0 Å². The Labute approximate surface area is 77.1 Å². The van der Waals surface area contributed by atoms with Crippen LogP contribution in [0.25, 0.3) is 0 Å². The first-order valence-corrected chi connectivity index (χ1v) is 5.21. The fraction of sp³-hybridized carbons (Fsp3) is 0.111. The second-order valence-corrected chi connectivity index (χ2v) is 3.48. The van der Waals surface area contributed by atoms with E-state index in [1.165, 1.54) is 0 Å². The van der Waals surface area contributed by atoms with Crippen molar-refractivity contribution >= 4 is 23.5 Å². The van der Waals surface area contributed by atoms with Gasteiger partial charge in [0.25, 0.3) is 0 Å². The molecule has 0 saturated carbocycles. The summed E-state index contributed by atoms with van der Waals surface area (Å²) in [6.45, 7) is 11.1. The molecule has 0 radical (unpaired) electrons. The molecule has 0 amide bonds. The number of hydrogen-bond acceptors (Lipinski definition) is 2. The number of rotatable bonds is 5. The SMILES string of the molecule is C=CS/C(C=C)=C(\C=C)SC. The molecule has 0 aliphatic rings. The first-order valence-electron chi connectivity index (χ1n) is 3.10. The van der Waals surface area contributed by atoms with E-state index in [-0.39, 0.29) is 0 Å². The lowest BCUT2D eigenvalue weighted by molar-refractivity contribution is 1.86. The number of thioether (sulfide) groups is 2. The monoisotopic (exact) mass is 184 g/mol. The molecule has 0 aliphatic carbocycles. The number of hydrogen-bond donors (Lipinski definition) is 0. The van der Waals surface area contributed by atoms with E-state index in [1.54, 1.807) is 28.9 Å². The molecule has 0 unspecified atom stereocenters. The molecular formula is C9H12S2. The lowest BCUT2D eigenvalue weighted by atomic mass is 10.5. The molecule has 0 aromatic carbocycles. The minimum atomic E-state index is 1.11. The van der Waals surface area contributed by atoms with Crippen LogP contribution in [0.15, 0.2) is 47.1 Å². The van der Waals surface area contributed by atoms with Gasteiger partial charge in [-0.25, -0.2) is 0 Å². The van der Waals surface area contributed by atoms with Crippen molar-refractivity contribution in [1.82, 2.24) is 0 Å². The van der Waals surface area contributed by atoms with Gasteiger partial charge in [0.15, 0.2) is 0 Å². The van der Waals surface area contributed by atoms with Crippen molar-refractivity contribution in [2.45, 2.75) is 0 Å². The summed E-state index contributed by atoms with van der Waals surface area (Å²) in [6, 6.07) is 0. The van der Waals surface area contributed by atoms with Gasteiger partial charge in [-0.1, -0.05) is 43.7 Å². The van der Waals surface area contributed by atoms with Crippen molar-refractivity contribution in [2.24, 2.45) is 0 Å². The Morgan fingerprint density at radius 3 is 1.91 bits per heavy atom. The Balaban J connectivity index is 4.59. The summed E-state index contributed by atoms with van der Waals surface area (Å²) in [5.74, 6) is 0. The topological polar surface area (TPSA) is 0 Å². The van der Waals surface area contributed by atoms with Crippen LogP contribution >= 0.6 is 23.5 Å². The van der Waals surface area contributed by atoms with E-state index in [0.29, 0.717) is 0 Å². The molecule has 0 saturated heterocycles. The molecule has 0 aromatic rings. The van der Waals surface area contributed by atoms with Crippen LogP contribution < -0.4 is 0 Å². The third-order valence-electron chi connectivity index (χ3n) is 1.04. The van der Waals surface area contributed by atoms with Gasteiger partial charge in [-0.15, -0.1) is 11.8 Å². The van der Waals surface area contributed by atoms with Crippen molar-refractivity contribution in [1.29, 1.82) is 0 Å². The number of allylic oxidation sites excluding steroid dienone is 2. The Kier molecular flexibility index (Phi) is 6.18. The Hall–Kier alpha value is -0.340. The van der Waals surface area contributed by atoms with Gasteiger partial charge in [-0.05, 0) is 11.7 Å². The van der Waals surface area contributed by atoms with E-state index in [0.717, 1.165) is 9.81 Å². The van der Waals surface area contributed by atoms with Gasteiger partial charge in [-0.3, -0.25) is 0 Å². The summed E-state index contributed by atoms with van der Waals surface area (Å²) < 4.78 is 0. The molecule has 0 bridgehead atoms. The molecule has 60 valence electrons. The fourth-order valence-electron chi connectivity index (χ4n) is 0.581. The summed E-state index contributed by atoms with van der Waals surface area (Å²) in [4.78, 5) is 2.26. The van der Waals surface area contributed by atoms with Gasteiger partial charge >= 0.3 is 0 Å². The highest BCUT2D eigenvalue weighted by atomic mass is 32.2. The van der Waals surface area contributed by atoms with E-state index in [1.807, 2.05) is 18.4 Å². The highest BCUT2D eigenvalue weighted by Crippen LogP contribution is 2.27. The third-order valence-corrected chi connectivity index (χ3v) is 2.81. The van der Waals surface area contributed by atoms with E-state index >= 15 is 0 Å². The van der Waals surface area contributed by atoms with Crippen molar-refractivity contribution in [2.75, 3.05) is 6.26 Å². The van der Waals surface area contributed by atoms with E-state index in [2.05, 4.69) is 19.7 Å². The van der Waals surface area contributed by atoms with Crippen LogP contribution in [0.1, 0.15) is 0 Å². The van der Waals surface area contributed by atoms with E-state index in [9.17, 15) is 0 Å². The van der Waals surface area contributed by atoms with E-state index < -0.39 is 0 Å². The van der Waals surface area contributed by atoms with Gasteiger partial charge in [0, 0.05) is 9.81 Å². The summed E-state index contributed by atoms with van der Waals surface area (Å²) in [5, 5.41) is 1.79. The molecule has 0 atom stereocenters. The maximum atomic E-state index is 3.71. The predicted molar refractivity (Wildman–Crippen MR) is 58.7 cm³/mol. The molecule has 0 heterocycles. The quantitative estimate of drug-likeness (QED) is 0.596. The van der Waals surface area contributed by atoms with Crippen molar-refractivity contribution in [3.05, 3.63) is 47.1 Å². The summed E-state index contributed by atoms with van der Waals surface area (Å²) in [6.07, 6.45) is 5.67. The molecule has 0 fully saturated rings. The molecule has 2 heteroatoms. The molecule has 11 heavy (non-hydrogen) atoms. The molecule has 0 nitrogen and oxygen atoms in total. The Bertz CT molecular complexity index is 190. The zero-order chi connectivity index (χ0) is 8.69. The molecule has 0 rings (SSSR count). The minimum Gasteiger partial charge on any atom is -0.128 e. The fourth-order valence-corrected chi connectivity index (χ4v) is 1.90. The van der Waals surface area contributed by atoms with Gasteiger partial charge in [0.1, 0.15) is 0 Å². The summed E-state index contributed by atoms with van der Waals surface area (Å²) in [7, 11) is 0. The maximum Gasteiger partial charge on any atom is 0.0245 e. The van der Waals surface area contributed by atoms with Crippen LogP contribution in [0.3, 0.4) is 0 Å². The van der Waals surface area contributed by atoms with Gasteiger partial charge < -0.3 is 0 Å². The van der Waals surface area contributed by atoms with Crippen LogP contribution in [0.2, 0.25) is 0 Å². The second-order valence-electron chi connectivity index (χ2n) is 1.63. The zero-order valence-electron chi connectivity index (χ0n) is 6.67. The predicted octanol–water partition coefficient (Wildman–Crippen LogP) is 3.81. The Morgan fingerprint density at radius 1 is 1.09 bits per heavy atom. The van der Waals surface area contributed by atoms with Crippen LogP contribution in [0.4, 0.5) is 0 Å². The standard InChI is InChI=1S/C9H12S2/c1-5-8(10-4)9(6-2)11-7-3/h5-7H,1-3H2,4H3/b9-8+. The molecule has 0 N–H and O–H groups in total. The molecule has 0 spiro atoms. The van der Waals surface area contributed by atoms with Crippen molar-refractivity contribution in [3.63, 3.8) is 0 Å².